The van der Waals surface area contributed by atoms with E-state index in [2.05, 4.69) is 22.2 Å². The lowest BCUT2D eigenvalue weighted by Crippen LogP contribution is -2.12. The number of nitrogens with one attached hydrogen (secondary N) is 1. The number of carbonyl (C=O) groups is 1. The molecule has 1 atom stereocenters. The van der Waals surface area contributed by atoms with Gasteiger partial charge in [0.25, 0.3) is 0 Å². The van der Waals surface area contributed by atoms with Crippen molar-refractivity contribution in [2.45, 2.75) is 19.4 Å². The van der Waals surface area contributed by atoms with E-state index in [1.165, 1.54) is 17.1 Å². The molecule has 2 aromatic rings. The number of anilines is 1. The van der Waals surface area contributed by atoms with Gasteiger partial charge in [-0.05, 0) is 23.9 Å². The Balaban J connectivity index is 2.17. The van der Waals surface area contributed by atoms with Crippen LogP contribution in [0.15, 0.2) is 29.8 Å². The molecule has 0 aliphatic rings. The quantitative estimate of drug-likeness (QED) is 0.867. The summed E-state index contributed by atoms with van der Waals surface area (Å²) < 4.78 is 0. The summed E-state index contributed by atoms with van der Waals surface area (Å²) in [4.78, 5) is 20.0. The minimum atomic E-state index is -1.05. The van der Waals surface area contributed by atoms with Crippen LogP contribution in [-0.2, 0) is 0 Å². The monoisotopic (exact) mass is 263 g/mol. The molecule has 1 unspecified atom stereocenters. The molecule has 0 aliphatic carbocycles. The van der Waals surface area contributed by atoms with Crippen LogP contribution in [0.2, 0.25) is 0 Å². The molecule has 18 heavy (non-hydrogen) atoms. The summed E-state index contributed by atoms with van der Waals surface area (Å²) in [6.45, 7) is 2.05. The summed E-state index contributed by atoms with van der Waals surface area (Å²) in [6.07, 6.45) is 2.32. The fourth-order valence-corrected chi connectivity index (χ4v) is 2.43. The van der Waals surface area contributed by atoms with E-state index < -0.39 is 5.97 Å². The van der Waals surface area contributed by atoms with E-state index in [-0.39, 0.29) is 11.7 Å². The second-order valence-corrected chi connectivity index (χ2v) is 4.67. The predicted octanol–water partition coefficient (Wildman–Crippen LogP) is 2.80. The van der Waals surface area contributed by atoms with Gasteiger partial charge in [0.05, 0.1) is 6.04 Å². The maximum atomic E-state index is 10.8. The van der Waals surface area contributed by atoms with Crippen molar-refractivity contribution in [3.63, 3.8) is 0 Å². The molecular weight excluding hydrogens is 250 g/mol. The predicted molar refractivity (Wildman–Crippen MR) is 70.0 cm³/mol. The second kappa shape index (κ2) is 5.59. The van der Waals surface area contributed by atoms with Crippen molar-refractivity contribution in [3.05, 3.63) is 40.3 Å². The summed E-state index contributed by atoms with van der Waals surface area (Å²) in [7, 11) is 0. The molecule has 2 N–H and O–H groups in total. The zero-order chi connectivity index (χ0) is 13.0. The third-order valence-electron chi connectivity index (χ3n) is 2.47. The highest BCUT2D eigenvalue weighted by Crippen LogP contribution is 2.24. The Morgan fingerprint density at radius 1 is 1.56 bits per heavy atom. The number of hydrogen-bond donors (Lipinski definition) is 2. The first-order chi connectivity index (χ1) is 8.70. The number of carboxylic acids is 1. The lowest BCUT2D eigenvalue weighted by molar-refractivity contribution is 0.0690. The first-order valence-electron chi connectivity index (χ1n) is 5.57. The van der Waals surface area contributed by atoms with Gasteiger partial charge >= 0.3 is 5.97 Å². The highest BCUT2D eigenvalue weighted by atomic mass is 32.1. The Bertz CT molecular complexity index is 528. The van der Waals surface area contributed by atoms with Crippen LogP contribution in [0.5, 0.6) is 0 Å². The Morgan fingerprint density at radius 2 is 2.39 bits per heavy atom. The molecule has 0 aliphatic heterocycles. The molecule has 0 spiro atoms. The van der Waals surface area contributed by atoms with Crippen molar-refractivity contribution in [2.75, 3.05) is 5.32 Å². The van der Waals surface area contributed by atoms with Crippen LogP contribution in [0, 0.1) is 0 Å². The van der Waals surface area contributed by atoms with Gasteiger partial charge in [0.2, 0.25) is 5.95 Å². The fourth-order valence-electron chi connectivity index (χ4n) is 1.57. The summed E-state index contributed by atoms with van der Waals surface area (Å²) in [6, 6.07) is 5.50. The van der Waals surface area contributed by atoms with Gasteiger partial charge in [-0.25, -0.2) is 14.8 Å². The largest absolute Gasteiger partial charge is 0.477 e. The molecule has 0 saturated carbocycles. The molecule has 2 heterocycles. The normalized spacial score (nSPS) is 12.1. The molecule has 0 saturated heterocycles. The second-order valence-electron chi connectivity index (χ2n) is 3.69. The Hall–Kier alpha value is -1.95. The standard InChI is InChI=1S/C12H13N3O2S/c1-2-8(10-4-3-7-18-10)14-12-13-6-5-9(15-12)11(16)17/h3-8H,2H2,1H3,(H,16,17)(H,13,14,15). The summed E-state index contributed by atoms with van der Waals surface area (Å²) >= 11 is 1.65. The Kier molecular flexibility index (Phi) is 3.88. The van der Waals surface area contributed by atoms with E-state index in [4.69, 9.17) is 5.11 Å². The van der Waals surface area contributed by atoms with Crippen molar-refractivity contribution in [1.29, 1.82) is 0 Å². The smallest absolute Gasteiger partial charge is 0.354 e. The highest BCUT2D eigenvalue weighted by molar-refractivity contribution is 7.10. The van der Waals surface area contributed by atoms with Crippen molar-refractivity contribution in [1.82, 2.24) is 9.97 Å². The SMILES string of the molecule is CCC(Nc1nccc(C(=O)O)n1)c1cccs1. The molecule has 2 aromatic heterocycles. The van der Waals surface area contributed by atoms with Gasteiger partial charge in [0, 0.05) is 11.1 Å². The zero-order valence-corrected chi connectivity index (χ0v) is 10.6. The van der Waals surface area contributed by atoms with Crippen LogP contribution >= 0.6 is 11.3 Å². The maximum Gasteiger partial charge on any atom is 0.354 e. The molecule has 0 radical (unpaired) electrons. The van der Waals surface area contributed by atoms with Gasteiger partial charge in [0.15, 0.2) is 5.69 Å². The van der Waals surface area contributed by atoms with Crippen LogP contribution in [-0.4, -0.2) is 21.0 Å². The van der Waals surface area contributed by atoms with Gasteiger partial charge in [-0.1, -0.05) is 13.0 Å². The number of nitrogens with zero attached hydrogens (tertiary/aromatic N) is 2. The molecule has 0 amide bonds. The summed E-state index contributed by atoms with van der Waals surface area (Å²) in [5.41, 5.74) is -0.00599. The van der Waals surface area contributed by atoms with Gasteiger partial charge in [-0.2, -0.15) is 0 Å². The maximum absolute atomic E-state index is 10.8. The van der Waals surface area contributed by atoms with Crippen molar-refractivity contribution >= 4 is 23.3 Å². The van der Waals surface area contributed by atoms with E-state index in [0.29, 0.717) is 5.95 Å². The third-order valence-corrected chi connectivity index (χ3v) is 3.46. The number of carboxylic acid groups (broad SMARTS) is 1. The van der Waals surface area contributed by atoms with E-state index >= 15 is 0 Å². The van der Waals surface area contributed by atoms with Crippen molar-refractivity contribution in [2.24, 2.45) is 0 Å². The molecule has 0 bridgehead atoms. The highest BCUT2D eigenvalue weighted by Gasteiger charge is 2.13. The number of hydrogen-bond acceptors (Lipinski definition) is 5. The number of rotatable bonds is 5. The number of aromatic nitrogens is 2. The lowest BCUT2D eigenvalue weighted by atomic mass is 10.2. The topological polar surface area (TPSA) is 75.1 Å². The number of thiophene rings is 1. The average Bonchev–Trinajstić information content (AvgIpc) is 2.90. The summed E-state index contributed by atoms with van der Waals surface area (Å²) in [5, 5.41) is 14.0. The Labute approximate surface area is 109 Å². The van der Waals surface area contributed by atoms with E-state index in [1.807, 2.05) is 17.5 Å². The Morgan fingerprint density at radius 3 is 3.00 bits per heavy atom. The van der Waals surface area contributed by atoms with Crippen molar-refractivity contribution in [3.8, 4) is 0 Å². The first kappa shape index (κ1) is 12.5. The summed E-state index contributed by atoms with van der Waals surface area (Å²) in [5.74, 6) is -0.709. The minimum absolute atomic E-state index is 0.00599. The van der Waals surface area contributed by atoms with Crippen LogP contribution in [0.25, 0.3) is 0 Å². The van der Waals surface area contributed by atoms with E-state index in [9.17, 15) is 4.79 Å². The lowest BCUT2D eigenvalue weighted by Gasteiger charge is -2.15. The molecule has 2 rings (SSSR count). The molecule has 0 fully saturated rings. The minimum Gasteiger partial charge on any atom is -0.477 e. The molecular formula is C12H13N3O2S. The van der Waals surface area contributed by atoms with E-state index in [0.717, 1.165) is 6.42 Å². The van der Waals surface area contributed by atoms with Gasteiger partial charge in [-0.15, -0.1) is 11.3 Å². The van der Waals surface area contributed by atoms with Crippen molar-refractivity contribution < 1.29 is 9.90 Å². The van der Waals surface area contributed by atoms with Crippen LogP contribution in [0.4, 0.5) is 5.95 Å². The zero-order valence-electron chi connectivity index (χ0n) is 9.83. The van der Waals surface area contributed by atoms with Gasteiger partial charge in [-0.3, -0.25) is 0 Å². The molecule has 0 aromatic carbocycles. The van der Waals surface area contributed by atoms with Crippen LogP contribution in [0.3, 0.4) is 0 Å². The fraction of sp³-hybridized carbons (Fsp3) is 0.250. The van der Waals surface area contributed by atoms with Crippen LogP contribution in [0.1, 0.15) is 34.8 Å². The van der Waals surface area contributed by atoms with Gasteiger partial charge < -0.3 is 10.4 Å². The first-order valence-corrected chi connectivity index (χ1v) is 6.45. The molecule has 94 valence electrons. The number of aromatic carboxylic acids is 1. The van der Waals surface area contributed by atoms with E-state index in [1.54, 1.807) is 11.3 Å². The molecule has 5 nitrogen and oxygen atoms in total. The van der Waals surface area contributed by atoms with Crippen LogP contribution < -0.4 is 5.32 Å². The third kappa shape index (κ3) is 2.84. The average molecular weight is 263 g/mol. The molecule has 6 heteroatoms. The van der Waals surface area contributed by atoms with Gasteiger partial charge in [0.1, 0.15) is 0 Å².